The first-order valence-corrected chi connectivity index (χ1v) is 3.26. The summed E-state index contributed by atoms with van der Waals surface area (Å²) in [6.07, 6.45) is 0.676. The fraction of sp³-hybridized carbons (Fsp3) is 0.667. The SMILES string of the molecule is CCNC(=N)CCC(N)=O. The van der Waals surface area contributed by atoms with Crippen LogP contribution in [0.3, 0.4) is 0 Å². The average molecular weight is 143 g/mol. The van der Waals surface area contributed by atoms with Gasteiger partial charge in [0.15, 0.2) is 0 Å². The zero-order valence-electron chi connectivity index (χ0n) is 6.11. The van der Waals surface area contributed by atoms with E-state index in [1.54, 1.807) is 0 Å². The zero-order chi connectivity index (χ0) is 7.98. The number of rotatable bonds is 4. The van der Waals surface area contributed by atoms with Crippen molar-refractivity contribution in [3.8, 4) is 0 Å². The number of primary amides is 1. The molecule has 4 heteroatoms. The van der Waals surface area contributed by atoms with Crippen molar-refractivity contribution in [2.24, 2.45) is 5.73 Å². The van der Waals surface area contributed by atoms with E-state index in [2.05, 4.69) is 5.32 Å². The highest BCUT2D eigenvalue weighted by Crippen LogP contribution is 1.86. The molecule has 0 spiro atoms. The summed E-state index contributed by atoms with van der Waals surface area (Å²) in [7, 11) is 0. The third-order valence-corrected chi connectivity index (χ3v) is 1.01. The smallest absolute Gasteiger partial charge is 0.217 e. The van der Waals surface area contributed by atoms with Crippen LogP contribution in [0.2, 0.25) is 0 Å². The molecule has 4 N–H and O–H groups in total. The van der Waals surface area contributed by atoms with Crippen molar-refractivity contribution in [2.75, 3.05) is 6.54 Å². The van der Waals surface area contributed by atoms with Crippen molar-refractivity contribution in [2.45, 2.75) is 19.8 Å². The zero-order valence-corrected chi connectivity index (χ0v) is 6.11. The number of amidine groups is 1. The summed E-state index contributed by atoms with van der Waals surface area (Å²) in [4.78, 5) is 10.2. The lowest BCUT2D eigenvalue weighted by molar-refractivity contribution is -0.117. The minimum absolute atomic E-state index is 0.256. The molecule has 0 fully saturated rings. The highest BCUT2D eigenvalue weighted by molar-refractivity contribution is 5.84. The van der Waals surface area contributed by atoms with Crippen LogP contribution in [0.15, 0.2) is 0 Å². The maximum Gasteiger partial charge on any atom is 0.217 e. The first-order valence-electron chi connectivity index (χ1n) is 3.26. The van der Waals surface area contributed by atoms with Gasteiger partial charge in [-0.3, -0.25) is 10.2 Å². The second-order valence-corrected chi connectivity index (χ2v) is 1.98. The second kappa shape index (κ2) is 4.78. The number of hydrogen-bond acceptors (Lipinski definition) is 2. The van der Waals surface area contributed by atoms with Gasteiger partial charge < -0.3 is 11.1 Å². The van der Waals surface area contributed by atoms with Gasteiger partial charge in [0.25, 0.3) is 0 Å². The minimum atomic E-state index is -0.359. The van der Waals surface area contributed by atoms with Crippen LogP contribution < -0.4 is 11.1 Å². The van der Waals surface area contributed by atoms with Crippen LogP contribution in [-0.2, 0) is 4.79 Å². The molecule has 0 radical (unpaired) electrons. The Morgan fingerprint density at radius 2 is 2.20 bits per heavy atom. The Labute approximate surface area is 60.3 Å². The van der Waals surface area contributed by atoms with Gasteiger partial charge in [-0.15, -0.1) is 0 Å². The van der Waals surface area contributed by atoms with E-state index in [1.807, 2.05) is 6.92 Å². The molecule has 0 aromatic rings. The van der Waals surface area contributed by atoms with Gasteiger partial charge in [-0.05, 0) is 6.92 Å². The van der Waals surface area contributed by atoms with Crippen LogP contribution in [0.5, 0.6) is 0 Å². The minimum Gasteiger partial charge on any atom is -0.374 e. The molecular weight excluding hydrogens is 130 g/mol. The fourth-order valence-corrected chi connectivity index (χ4v) is 0.550. The van der Waals surface area contributed by atoms with Crippen LogP contribution in [-0.4, -0.2) is 18.3 Å². The summed E-state index contributed by atoms with van der Waals surface area (Å²) in [5.74, 6) is 0.0175. The van der Waals surface area contributed by atoms with Crippen LogP contribution in [0, 0.1) is 5.41 Å². The number of nitrogens with one attached hydrogen (secondary N) is 2. The Balaban J connectivity index is 3.30. The van der Waals surface area contributed by atoms with E-state index in [0.717, 1.165) is 6.54 Å². The Bertz CT molecular complexity index is 133. The summed E-state index contributed by atoms with van der Waals surface area (Å²) in [6.45, 7) is 2.62. The van der Waals surface area contributed by atoms with E-state index in [1.165, 1.54) is 0 Å². The topological polar surface area (TPSA) is 79.0 Å². The van der Waals surface area contributed by atoms with E-state index in [4.69, 9.17) is 11.1 Å². The molecule has 58 valence electrons. The third-order valence-electron chi connectivity index (χ3n) is 1.01. The summed E-state index contributed by atoms with van der Waals surface area (Å²) in [5.41, 5.74) is 4.87. The largest absolute Gasteiger partial charge is 0.374 e. The molecular formula is C6H13N3O. The van der Waals surface area contributed by atoms with E-state index in [0.29, 0.717) is 12.3 Å². The molecule has 0 saturated carbocycles. The van der Waals surface area contributed by atoms with E-state index in [-0.39, 0.29) is 12.3 Å². The summed E-state index contributed by atoms with van der Waals surface area (Å²) >= 11 is 0. The van der Waals surface area contributed by atoms with Gasteiger partial charge in [-0.25, -0.2) is 0 Å². The van der Waals surface area contributed by atoms with Crippen molar-refractivity contribution >= 4 is 11.7 Å². The van der Waals surface area contributed by atoms with Crippen LogP contribution in [0.25, 0.3) is 0 Å². The van der Waals surface area contributed by atoms with Crippen molar-refractivity contribution in [1.29, 1.82) is 5.41 Å². The molecule has 10 heavy (non-hydrogen) atoms. The molecule has 0 unspecified atom stereocenters. The molecule has 4 nitrogen and oxygen atoms in total. The molecule has 1 amide bonds. The Morgan fingerprint density at radius 3 is 2.60 bits per heavy atom. The van der Waals surface area contributed by atoms with Crippen LogP contribution >= 0.6 is 0 Å². The highest BCUT2D eigenvalue weighted by Gasteiger charge is 1.97. The second-order valence-electron chi connectivity index (χ2n) is 1.98. The molecule has 0 aliphatic rings. The van der Waals surface area contributed by atoms with Crippen LogP contribution in [0.1, 0.15) is 19.8 Å². The first-order chi connectivity index (χ1) is 4.66. The van der Waals surface area contributed by atoms with Crippen molar-refractivity contribution in [3.63, 3.8) is 0 Å². The Kier molecular flexibility index (Phi) is 4.28. The average Bonchev–Trinajstić information content (AvgIpc) is 1.85. The predicted octanol–water partition coefficient (Wildman–Crippen LogP) is -0.161. The van der Waals surface area contributed by atoms with Crippen molar-refractivity contribution < 1.29 is 4.79 Å². The lowest BCUT2D eigenvalue weighted by Gasteiger charge is -2.01. The highest BCUT2D eigenvalue weighted by atomic mass is 16.1. The fourth-order valence-electron chi connectivity index (χ4n) is 0.550. The number of nitrogens with two attached hydrogens (primary N) is 1. The van der Waals surface area contributed by atoms with Gasteiger partial charge in [0.05, 0.1) is 5.84 Å². The van der Waals surface area contributed by atoms with E-state index in [9.17, 15) is 4.79 Å². The Morgan fingerprint density at radius 1 is 1.60 bits per heavy atom. The van der Waals surface area contributed by atoms with Gasteiger partial charge in [0, 0.05) is 19.4 Å². The standard InChI is InChI=1S/C6H13N3O/c1-2-9-5(7)3-4-6(8)10/h2-4H2,1H3,(H2,7,9)(H2,8,10). The van der Waals surface area contributed by atoms with Gasteiger partial charge >= 0.3 is 0 Å². The van der Waals surface area contributed by atoms with Gasteiger partial charge in [-0.1, -0.05) is 0 Å². The van der Waals surface area contributed by atoms with Gasteiger partial charge in [0.1, 0.15) is 0 Å². The maximum atomic E-state index is 10.2. The first kappa shape index (κ1) is 8.94. The molecule has 0 aromatic carbocycles. The number of amides is 1. The number of carbonyl (C=O) groups is 1. The molecule has 0 saturated heterocycles. The van der Waals surface area contributed by atoms with Gasteiger partial charge in [-0.2, -0.15) is 0 Å². The molecule has 0 atom stereocenters. The summed E-state index contributed by atoms with van der Waals surface area (Å²) in [6, 6.07) is 0. The Hall–Kier alpha value is -1.06. The maximum absolute atomic E-state index is 10.2. The molecule has 0 heterocycles. The monoisotopic (exact) mass is 143 g/mol. The normalized spacial score (nSPS) is 8.90. The van der Waals surface area contributed by atoms with Gasteiger partial charge in [0.2, 0.25) is 5.91 Å². The molecule has 0 aliphatic heterocycles. The molecule has 0 rings (SSSR count). The predicted molar refractivity (Wildman–Crippen MR) is 39.8 cm³/mol. The molecule has 0 bridgehead atoms. The molecule has 0 aromatic heterocycles. The van der Waals surface area contributed by atoms with Crippen LogP contribution in [0.4, 0.5) is 0 Å². The number of carbonyl (C=O) groups excluding carboxylic acids is 1. The summed E-state index contributed by atoms with van der Waals surface area (Å²) in [5, 5.41) is 9.94. The lowest BCUT2D eigenvalue weighted by atomic mass is 10.3. The van der Waals surface area contributed by atoms with Crippen molar-refractivity contribution in [1.82, 2.24) is 5.32 Å². The van der Waals surface area contributed by atoms with Crippen molar-refractivity contribution in [3.05, 3.63) is 0 Å². The molecule has 0 aliphatic carbocycles. The summed E-state index contributed by atoms with van der Waals surface area (Å²) < 4.78 is 0. The quantitative estimate of drug-likeness (QED) is 0.377. The van der Waals surface area contributed by atoms with E-state index >= 15 is 0 Å². The lowest BCUT2D eigenvalue weighted by Crippen LogP contribution is -2.23. The third kappa shape index (κ3) is 5.08. The van der Waals surface area contributed by atoms with E-state index < -0.39 is 0 Å². The number of hydrogen-bond donors (Lipinski definition) is 3.